The summed E-state index contributed by atoms with van der Waals surface area (Å²) < 4.78 is 0. The molecule has 1 aromatic heterocycles. The van der Waals surface area contributed by atoms with E-state index in [4.69, 9.17) is 0 Å². The van der Waals surface area contributed by atoms with Gasteiger partial charge in [-0.2, -0.15) is 0 Å². The molecule has 104 valence electrons. The summed E-state index contributed by atoms with van der Waals surface area (Å²) in [5, 5.41) is 7.46. The Labute approximate surface area is 118 Å². The van der Waals surface area contributed by atoms with Gasteiger partial charge in [-0.1, -0.05) is 31.2 Å². The number of aromatic nitrogens is 1. The van der Waals surface area contributed by atoms with E-state index in [0.717, 1.165) is 30.4 Å². The Bertz CT molecular complexity index is 626. The second kappa shape index (κ2) is 5.59. The van der Waals surface area contributed by atoms with Crippen molar-refractivity contribution < 1.29 is 4.79 Å². The van der Waals surface area contributed by atoms with E-state index < -0.39 is 0 Å². The number of benzene rings is 1. The number of nitrogens with zero attached hydrogens (tertiary/aromatic N) is 1. The van der Waals surface area contributed by atoms with Crippen molar-refractivity contribution in [2.45, 2.75) is 19.4 Å². The Morgan fingerprint density at radius 3 is 2.95 bits per heavy atom. The lowest BCUT2D eigenvalue weighted by Crippen LogP contribution is -2.48. The smallest absolute Gasteiger partial charge is 0.270 e. The zero-order valence-corrected chi connectivity index (χ0v) is 11.6. The number of amides is 1. The first-order valence-corrected chi connectivity index (χ1v) is 7.10. The Hall–Kier alpha value is -1.94. The van der Waals surface area contributed by atoms with Crippen LogP contribution in [0.3, 0.4) is 0 Å². The molecule has 2 unspecified atom stereocenters. The summed E-state index contributed by atoms with van der Waals surface area (Å²) in [4.78, 5) is 16.7. The van der Waals surface area contributed by atoms with Gasteiger partial charge in [0, 0.05) is 18.0 Å². The number of pyridine rings is 1. The summed E-state index contributed by atoms with van der Waals surface area (Å²) in [5.74, 6) is 0.510. The molecule has 4 heteroatoms. The largest absolute Gasteiger partial charge is 0.347 e. The third-order valence-electron chi connectivity index (χ3n) is 3.74. The van der Waals surface area contributed by atoms with Gasteiger partial charge in [-0.3, -0.25) is 4.79 Å². The minimum atomic E-state index is -0.0864. The molecule has 3 rings (SSSR count). The Morgan fingerprint density at radius 2 is 2.10 bits per heavy atom. The van der Waals surface area contributed by atoms with Crippen molar-refractivity contribution in [3.8, 4) is 0 Å². The average molecular weight is 269 g/mol. The molecule has 0 bridgehead atoms. The van der Waals surface area contributed by atoms with E-state index >= 15 is 0 Å². The molecule has 0 spiro atoms. The molecule has 1 aromatic carbocycles. The first kappa shape index (κ1) is 13.1. The number of piperidine rings is 1. The highest BCUT2D eigenvalue weighted by Crippen LogP contribution is 2.13. The number of rotatable bonds is 2. The van der Waals surface area contributed by atoms with Crippen molar-refractivity contribution >= 4 is 16.8 Å². The highest BCUT2D eigenvalue weighted by atomic mass is 16.1. The van der Waals surface area contributed by atoms with Crippen LogP contribution in [-0.2, 0) is 0 Å². The van der Waals surface area contributed by atoms with Gasteiger partial charge in [0.25, 0.3) is 5.91 Å². The van der Waals surface area contributed by atoms with Crippen molar-refractivity contribution in [3.63, 3.8) is 0 Å². The van der Waals surface area contributed by atoms with Crippen molar-refractivity contribution in [1.82, 2.24) is 15.6 Å². The van der Waals surface area contributed by atoms with Crippen molar-refractivity contribution in [1.29, 1.82) is 0 Å². The Balaban J connectivity index is 1.75. The van der Waals surface area contributed by atoms with Crippen molar-refractivity contribution in [2.24, 2.45) is 5.92 Å². The maximum absolute atomic E-state index is 12.3. The summed E-state index contributed by atoms with van der Waals surface area (Å²) >= 11 is 0. The molecule has 2 N–H and O–H groups in total. The molecular weight excluding hydrogens is 250 g/mol. The topological polar surface area (TPSA) is 54.0 Å². The molecule has 4 nitrogen and oxygen atoms in total. The van der Waals surface area contributed by atoms with Crippen LogP contribution in [0.25, 0.3) is 10.9 Å². The minimum absolute atomic E-state index is 0.0864. The molecule has 1 aliphatic heterocycles. The lowest BCUT2D eigenvalue weighted by atomic mass is 9.97. The number of fused-ring (bicyclic) bond motifs is 1. The monoisotopic (exact) mass is 269 g/mol. The van der Waals surface area contributed by atoms with E-state index in [2.05, 4.69) is 22.5 Å². The van der Waals surface area contributed by atoms with E-state index in [1.54, 1.807) is 6.07 Å². The van der Waals surface area contributed by atoms with Crippen LogP contribution in [-0.4, -0.2) is 30.0 Å². The molecule has 0 aliphatic carbocycles. The molecule has 2 aromatic rings. The molecule has 1 aliphatic rings. The highest BCUT2D eigenvalue weighted by Gasteiger charge is 2.21. The first-order chi connectivity index (χ1) is 9.72. The number of hydrogen-bond acceptors (Lipinski definition) is 3. The van der Waals surface area contributed by atoms with Gasteiger partial charge in [0.05, 0.1) is 5.52 Å². The van der Waals surface area contributed by atoms with Crippen LogP contribution in [0.4, 0.5) is 0 Å². The molecule has 0 radical (unpaired) electrons. The molecule has 0 saturated carbocycles. The summed E-state index contributed by atoms with van der Waals surface area (Å²) in [6.45, 7) is 4.06. The van der Waals surface area contributed by atoms with Gasteiger partial charge in [0.1, 0.15) is 5.69 Å². The number of para-hydroxylation sites is 1. The van der Waals surface area contributed by atoms with Gasteiger partial charge >= 0.3 is 0 Å². The molecule has 2 atom stereocenters. The van der Waals surface area contributed by atoms with Crippen LogP contribution < -0.4 is 10.6 Å². The Morgan fingerprint density at radius 1 is 1.25 bits per heavy atom. The number of hydrogen-bond donors (Lipinski definition) is 2. The fraction of sp³-hybridized carbons (Fsp3) is 0.375. The Kier molecular flexibility index (Phi) is 3.65. The maximum atomic E-state index is 12.3. The van der Waals surface area contributed by atoms with Gasteiger partial charge in [-0.05, 0) is 31.0 Å². The molecule has 1 fully saturated rings. The van der Waals surface area contributed by atoms with Gasteiger partial charge in [-0.15, -0.1) is 0 Å². The molecular formula is C16H19N3O. The molecule has 2 heterocycles. The second-order valence-electron chi connectivity index (χ2n) is 5.56. The van der Waals surface area contributed by atoms with E-state index in [1.165, 1.54) is 0 Å². The van der Waals surface area contributed by atoms with Crippen LogP contribution >= 0.6 is 0 Å². The quantitative estimate of drug-likeness (QED) is 0.876. The highest BCUT2D eigenvalue weighted by molar-refractivity contribution is 5.95. The lowest BCUT2D eigenvalue weighted by molar-refractivity contribution is 0.0920. The van der Waals surface area contributed by atoms with E-state index in [-0.39, 0.29) is 11.9 Å². The fourth-order valence-corrected chi connectivity index (χ4v) is 2.72. The third kappa shape index (κ3) is 2.80. The lowest BCUT2D eigenvalue weighted by Gasteiger charge is -2.28. The normalized spacial score (nSPS) is 22.6. The first-order valence-electron chi connectivity index (χ1n) is 7.10. The zero-order chi connectivity index (χ0) is 13.9. The average Bonchev–Trinajstić information content (AvgIpc) is 2.47. The SMILES string of the molecule is CC1CNCC(NC(=O)c2ccc3ccccc3n2)C1. The number of nitrogens with one attached hydrogen (secondary N) is 2. The summed E-state index contributed by atoms with van der Waals surface area (Å²) in [6, 6.07) is 11.8. The predicted molar refractivity (Wildman–Crippen MR) is 79.6 cm³/mol. The van der Waals surface area contributed by atoms with Crippen LogP contribution in [0.1, 0.15) is 23.8 Å². The van der Waals surface area contributed by atoms with Gasteiger partial charge in [0.15, 0.2) is 0 Å². The summed E-state index contributed by atoms with van der Waals surface area (Å²) in [5.41, 5.74) is 1.34. The van der Waals surface area contributed by atoms with Gasteiger partial charge < -0.3 is 10.6 Å². The minimum Gasteiger partial charge on any atom is -0.347 e. The van der Waals surface area contributed by atoms with E-state index in [9.17, 15) is 4.79 Å². The third-order valence-corrected chi connectivity index (χ3v) is 3.74. The van der Waals surface area contributed by atoms with Gasteiger partial charge in [0.2, 0.25) is 0 Å². The fourth-order valence-electron chi connectivity index (χ4n) is 2.72. The van der Waals surface area contributed by atoms with Crippen LogP contribution in [0.15, 0.2) is 36.4 Å². The second-order valence-corrected chi connectivity index (χ2v) is 5.56. The van der Waals surface area contributed by atoms with Crippen molar-refractivity contribution in [3.05, 3.63) is 42.1 Å². The van der Waals surface area contributed by atoms with Crippen LogP contribution in [0.5, 0.6) is 0 Å². The van der Waals surface area contributed by atoms with E-state index in [1.807, 2.05) is 30.3 Å². The summed E-state index contributed by atoms with van der Waals surface area (Å²) in [7, 11) is 0. The number of carbonyl (C=O) groups excluding carboxylic acids is 1. The van der Waals surface area contributed by atoms with Crippen molar-refractivity contribution in [2.75, 3.05) is 13.1 Å². The molecule has 20 heavy (non-hydrogen) atoms. The van der Waals surface area contributed by atoms with Crippen LogP contribution in [0, 0.1) is 5.92 Å². The predicted octanol–water partition coefficient (Wildman–Crippen LogP) is 1.96. The standard InChI is InChI=1S/C16H19N3O/c1-11-8-13(10-17-9-11)18-16(20)15-7-6-12-4-2-3-5-14(12)19-15/h2-7,11,13,17H,8-10H2,1H3,(H,18,20). The van der Waals surface area contributed by atoms with Gasteiger partial charge in [-0.25, -0.2) is 4.98 Å². The van der Waals surface area contributed by atoms with Crippen LogP contribution in [0.2, 0.25) is 0 Å². The molecule has 1 amide bonds. The van der Waals surface area contributed by atoms with E-state index in [0.29, 0.717) is 11.6 Å². The number of carbonyl (C=O) groups is 1. The maximum Gasteiger partial charge on any atom is 0.270 e. The molecule has 1 saturated heterocycles. The zero-order valence-electron chi connectivity index (χ0n) is 11.6. The summed E-state index contributed by atoms with van der Waals surface area (Å²) in [6.07, 6.45) is 1.02.